The van der Waals surface area contributed by atoms with Gasteiger partial charge in [-0.05, 0) is 98.4 Å². The van der Waals surface area contributed by atoms with E-state index in [9.17, 15) is 9.90 Å². The number of rotatable bonds is 5. The van der Waals surface area contributed by atoms with Gasteiger partial charge in [-0.25, -0.2) is 0 Å². The Hall–Kier alpha value is -1.29. The third-order valence-electron chi connectivity index (χ3n) is 10.8. The van der Waals surface area contributed by atoms with Crippen LogP contribution in [0.3, 0.4) is 0 Å². The zero-order chi connectivity index (χ0) is 23.5. The van der Waals surface area contributed by atoms with E-state index >= 15 is 0 Å². The van der Waals surface area contributed by atoms with E-state index in [0.29, 0.717) is 28.8 Å². The predicted molar refractivity (Wildman–Crippen MR) is 131 cm³/mol. The van der Waals surface area contributed by atoms with Gasteiger partial charge >= 0.3 is 0 Å². The van der Waals surface area contributed by atoms with Crippen molar-refractivity contribution < 1.29 is 14.6 Å². The van der Waals surface area contributed by atoms with Crippen LogP contribution in [0.15, 0.2) is 23.0 Å². The Kier molecular flexibility index (Phi) is 5.99. The van der Waals surface area contributed by atoms with Crippen molar-refractivity contribution in [3.05, 3.63) is 23.0 Å². The molecule has 0 aromatic rings. The van der Waals surface area contributed by atoms with Crippen LogP contribution >= 0.6 is 0 Å². The van der Waals surface area contributed by atoms with Crippen molar-refractivity contribution in [1.82, 2.24) is 5.32 Å². The van der Waals surface area contributed by atoms with E-state index in [1.807, 2.05) is 0 Å². The van der Waals surface area contributed by atoms with Crippen molar-refractivity contribution in [2.75, 3.05) is 6.54 Å². The highest BCUT2D eigenvalue weighted by molar-refractivity contribution is 5.72. The summed E-state index contributed by atoms with van der Waals surface area (Å²) in [5, 5.41) is 13.2. The molecule has 3 fully saturated rings. The van der Waals surface area contributed by atoms with Crippen LogP contribution in [0.4, 0.5) is 0 Å². The van der Waals surface area contributed by atoms with E-state index in [-0.39, 0.29) is 12.0 Å². The monoisotopic (exact) mass is 455 g/mol. The molecule has 2 N–H and O–H groups in total. The Morgan fingerprint density at radius 1 is 1.27 bits per heavy atom. The molecule has 5 aliphatic rings. The molecule has 0 unspecified atom stereocenters. The summed E-state index contributed by atoms with van der Waals surface area (Å²) < 4.78 is 6.70. The van der Waals surface area contributed by atoms with Gasteiger partial charge in [-0.2, -0.15) is 0 Å². The Balaban J connectivity index is 1.30. The number of fused-ring (bicyclic) bond motifs is 7. The second-order valence-electron chi connectivity index (χ2n) is 12.8. The zero-order valence-electron chi connectivity index (χ0n) is 21.5. The summed E-state index contributed by atoms with van der Waals surface area (Å²) in [4.78, 5) is 11.2. The molecule has 1 amide bonds. The van der Waals surface area contributed by atoms with Gasteiger partial charge in [-0.15, -0.1) is 0 Å². The van der Waals surface area contributed by atoms with Crippen LogP contribution < -0.4 is 5.32 Å². The number of carbonyl (C=O) groups is 1. The smallest absolute Gasteiger partial charge is 0.216 e. The van der Waals surface area contributed by atoms with Gasteiger partial charge in [0.15, 0.2) is 0 Å². The minimum Gasteiger partial charge on any atom is -0.494 e. The molecule has 0 aromatic heterocycles. The lowest BCUT2D eigenvalue weighted by Gasteiger charge is -2.57. The number of hydrogen-bond donors (Lipinski definition) is 2. The Morgan fingerprint density at radius 3 is 2.82 bits per heavy atom. The number of amides is 1. The maximum atomic E-state index is 11.2. The fraction of sp³-hybridized carbons (Fsp3) is 0.828. The first kappa shape index (κ1) is 23.5. The summed E-state index contributed by atoms with van der Waals surface area (Å²) in [6, 6.07) is 0. The number of aliphatic hydroxyl groups excluding tert-OH is 1. The summed E-state index contributed by atoms with van der Waals surface area (Å²) in [6.45, 7) is 12.0. The van der Waals surface area contributed by atoms with Crippen molar-refractivity contribution in [2.45, 2.75) is 105 Å². The number of ether oxygens (including phenoxy) is 1. The summed E-state index contributed by atoms with van der Waals surface area (Å²) in [6.07, 6.45) is 13.0. The molecule has 4 heteroatoms. The van der Waals surface area contributed by atoms with Crippen LogP contribution in [-0.4, -0.2) is 29.8 Å². The number of hydrogen-bond acceptors (Lipinski definition) is 3. The Morgan fingerprint density at radius 2 is 2.06 bits per heavy atom. The molecule has 0 spiro atoms. The van der Waals surface area contributed by atoms with Crippen molar-refractivity contribution in [2.24, 2.45) is 40.4 Å². The fourth-order valence-corrected chi connectivity index (χ4v) is 9.02. The molecule has 184 valence electrons. The molecule has 0 bridgehead atoms. The lowest BCUT2D eigenvalue weighted by atomic mass is 9.47. The number of aliphatic hydroxyl groups is 1. The third kappa shape index (κ3) is 3.79. The maximum absolute atomic E-state index is 11.2. The van der Waals surface area contributed by atoms with Crippen LogP contribution in [0.25, 0.3) is 0 Å². The van der Waals surface area contributed by atoms with Crippen molar-refractivity contribution in [3.8, 4) is 0 Å². The molecule has 0 aromatic carbocycles. The average Bonchev–Trinajstić information content (AvgIpc) is 3.24. The molecule has 9 atom stereocenters. The van der Waals surface area contributed by atoms with E-state index in [0.717, 1.165) is 56.4 Å². The molecule has 1 heterocycles. The van der Waals surface area contributed by atoms with Gasteiger partial charge in [0.25, 0.3) is 0 Å². The predicted octanol–water partition coefficient (Wildman–Crippen LogP) is 5.76. The molecular formula is C29H45NO3. The Bertz CT molecular complexity index is 861. The molecule has 5 rings (SSSR count). The summed E-state index contributed by atoms with van der Waals surface area (Å²) >= 11 is 0. The van der Waals surface area contributed by atoms with Gasteiger partial charge in [-0.3, -0.25) is 4.79 Å². The van der Waals surface area contributed by atoms with E-state index in [1.165, 1.54) is 37.0 Å². The van der Waals surface area contributed by atoms with E-state index in [2.05, 4.69) is 39.1 Å². The first-order valence-electron chi connectivity index (χ1n) is 13.6. The second kappa shape index (κ2) is 8.43. The quantitative estimate of drug-likeness (QED) is 0.518. The molecular weight excluding hydrogens is 410 g/mol. The summed E-state index contributed by atoms with van der Waals surface area (Å²) in [7, 11) is 0. The highest BCUT2D eigenvalue weighted by Gasteiger charge is 2.63. The fourth-order valence-electron chi connectivity index (χ4n) is 9.02. The van der Waals surface area contributed by atoms with E-state index < -0.39 is 0 Å². The average molecular weight is 456 g/mol. The number of allylic oxidation sites excluding steroid dienone is 2. The van der Waals surface area contributed by atoms with Crippen LogP contribution in [0.5, 0.6) is 0 Å². The van der Waals surface area contributed by atoms with Gasteiger partial charge in [0, 0.05) is 25.8 Å². The van der Waals surface area contributed by atoms with Crippen molar-refractivity contribution >= 4 is 5.91 Å². The minimum atomic E-state index is -0.124. The molecule has 0 radical (unpaired) electrons. The highest BCUT2D eigenvalue weighted by atomic mass is 16.5. The van der Waals surface area contributed by atoms with E-state index in [4.69, 9.17) is 4.74 Å². The van der Waals surface area contributed by atoms with E-state index in [1.54, 1.807) is 12.5 Å². The van der Waals surface area contributed by atoms with Crippen LogP contribution in [0.2, 0.25) is 0 Å². The van der Waals surface area contributed by atoms with Crippen LogP contribution in [0, 0.1) is 40.4 Å². The molecule has 1 aliphatic heterocycles. The molecule has 4 nitrogen and oxygen atoms in total. The minimum absolute atomic E-state index is 0.0569. The lowest BCUT2D eigenvalue weighted by molar-refractivity contribution is -0.119. The first-order valence-corrected chi connectivity index (χ1v) is 13.6. The first-order chi connectivity index (χ1) is 15.6. The molecule has 3 saturated carbocycles. The topological polar surface area (TPSA) is 58.6 Å². The SMILES string of the molecule is CC(=O)NC[C@H](C)CCC1=C(C)[C@@H]2[C@H](C[C@H]3[C@H]4CC=C5C[C@@H](O)CC[C@]5(C)[C@@H]4CC[C@@]23C)O1. The molecule has 33 heavy (non-hydrogen) atoms. The molecule has 0 saturated heterocycles. The van der Waals surface area contributed by atoms with Gasteiger partial charge in [0.05, 0.1) is 11.9 Å². The Labute approximate surface area is 200 Å². The van der Waals surface area contributed by atoms with Crippen LogP contribution in [-0.2, 0) is 9.53 Å². The third-order valence-corrected chi connectivity index (χ3v) is 10.8. The second-order valence-corrected chi connectivity index (χ2v) is 12.8. The van der Waals surface area contributed by atoms with Crippen LogP contribution in [0.1, 0.15) is 92.4 Å². The number of nitrogens with one attached hydrogen (secondary N) is 1. The summed E-state index contributed by atoms with van der Waals surface area (Å²) in [5.74, 6) is 4.66. The number of carbonyl (C=O) groups excluding carboxylic acids is 1. The van der Waals surface area contributed by atoms with Gasteiger partial charge < -0.3 is 15.2 Å². The van der Waals surface area contributed by atoms with Gasteiger partial charge in [-0.1, -0.05) is 32.4 Å². The van der Waals surface area contributed by atoms with Crippen molar-refractivity contribution in [1.29, 1.82) is 0 Å². The largest absolute Gasteiger partial charge is 0.494 e. The normalized spacial score (nSPS) is 44.7. The lowest BCUT2D eigenvalue weighted by Crippen LogP contribution is -2.50. The summed E-state index contributed by atoms with van der Waals surface area (Å²) in [5.41, 5.74) is 3.75. The van der Waals surface area contributed by atoms with Gasteiger partial charge in [0.2, 0.25) is 5.91 Å². The van der Waals surface area contributed by atoms with Crippen molar-refractivity contribution in [3.63, 3.8) is 0 Å². The highest BCUT2D eigenvalue weighted by Crippen LogP contribution is 2.68. The maximum Gasteiger partial charge on any atom is 0.216 e. The zero-order valence-corrected chi connectivity index (χ0v) is 21.5. The molecule has 4 aliphatic carbocycles. The van der Waals surface area contributed by atoms with Gasteiger partial charge in [0.1, 0.15) is 6.10 Å². The standard InChI is InChI=1S/C29H45NO3/c1-17(16-30-19(3)31)6-9-25-18(2)27-26(33-25)15-24-22-8-7-20-14-21(32)10-12-28(20,4)23(22)11-13-29(24,27)5/h7,17,21-24,26-27,32H,6,8-16H2,1-5H3,(H,30,31)/t17-,21+,22+,23-,24+,26+,27-,28+,29-/m1/s1.